The Hall–Kier alpha value is -2.82. The molecule has 2 atom stereocenters. The monoisotopic (exact) mass is 337 g/mol. The Kier molecular flexibility index (Phi) is 5.03. The molecule has 3 rings (SSSR count). The van der Waals surface area contributed by atoms with Crippen LogP contribution in [0, 0.1) is 0 Å². The normalized spacial score (nSPS) is 22.2. The Morgan fingerprint density at radius 3 is 2.76 bits per heavy atom. The Morgan fingerprint density at radius 1 is 1.28 bits per heavy atom. The third kappa shape index (κ3) is 3.65. The van der Waals surface area contributed by atoms with Crippen LogP contribution in [0.15, 0.2) is 59.7 Å². The summed E-state index contributed by atoms with van der Waals surface area (Å²) in [5.74, 6) is -0.437. The summed E-state index contributed by atoms with van der Waals surface area (Å²) in [6.07, 6.45) is 0.692. The van der Waals surface area contributed by atoms with E-state index >= 15 is 0 Å². The number of hydrogen-bond donors (Lipinski definition) is 0. The summed E-state index contributed by atoms with van der Waals surface area (Å²) < 4.78 is 10.7. The molecule has 2 aromatic rings. The van der Waals surface area contributed by atoms with E-state index in [0.717, 1.165) is 16.7 Å². The summed E-state index contributed by atoms with van der Waals surface area (Å²) >= 11 is 0. The molecule has 1 aliphatic heterocycles. The molecule has 0 amide bonds. The van der Waals surface area contributed by atoms with Crippen molar-refractivity contribution in [2.75, 3.05) is 13.7 Å². The number of carbonyl (C=O) groups excluding carboxylic acids is 1. The van der Waals surface area contributed by atoms with E-state index in [1.807, 2.05) is 54.6 Å². The van der Waals surface area contributed by atoms with Crippen LogP contribution < -0.4 is 0 Å². The zero-order valence-electron chi connectivity index (χ0n) is 14.0. The lowest BCUT2D eigenvalue weighted by molar-refractivity contribution is -0.163. The molecule has 128 valence electrons. The third-order valence-electron chi connectivity index (χ3n) is 4.41. The Balaban J connectivity index is 1.88. The van der Waals surface area contributed by atoms with Gasteiger partial charge in [-0.05, 0) is 28.6 Å². The summed E-state index contributed by atoms with van der Waals surface area (Å²) in [7, 11) is 1.34. The molecular formula is C19H19N3O3. The van der Waals surface area contributed by atoms with Gasteiger partial charge in [0.25, 0.3) is 0 Å². The second-order valence-corrected chi connectivity index (χ2v) is 6.10. The van der Waals surface area contributed by atoms with Crippen LogP contribution in [-0.2, 0) is 20.7 Å². The van der Waals surface area contributed by atoms with Gasteiger partial charge in [-0.25, -0.2) is 4.79 Å². The summed E-state index contributed by atoms with van der Waals surface area (Å²) in [6.45, 7) is 0.220. The molecule has 0 aliphatic carbocycles. The molecule has 0 radical (unpaired) electrons. The van der Waals surface area contributed by atoms with Gasteiger partial charge in [0.05, 0.1) is 19.8 Å². The molecule has 1 aliphatic rings. The highest BCUT2D eigenvalue weighted by molar-refractivity contribution is 5.80. The second-order valence-electron chi connectivity index (χ2n) is 6.10. The smallest absolute Gasteiger partial charge is 0.338 e. The van der Waals surface area contributed by atoms with Crippen molar-refractivity contribution in [3.8, 4) is 11.1 Å². The highest BCUT2D eigenvalue weighted by Crippen LogP contribution is 2.33. The molecule has 0 unspecified atom stereocenters. The lowest BCUT2D eigenvalue weighted by atomic mass is 9.89. The number of carbonyl (C=O) groups is 1. The molecule has 25 heavy (non-hydrogen) atoms. The van der Waals surface area contributed by atoms with Crippen molar-refractivity contribution in [3.05, 3.63) is 70.6 Å². The van der Waals surface area contributed by atoms with Gasteiger partial charge in [0.15, 0.2) is 5.60 Å². The van der Waals surface area contributed by atoms with Crippen LogP contribution in [0.1, 0.15) is 12.0 Å². The van der Waals surface area contributed by atoms with Gasteiger partial charge < -0.3 is 9.47 Å². The average molecular weight is 337 g/mol. The Labute approximate surface area is 146 Å². The minimum Gasteiger partial charge on any atom is -0.467 e. The number of hydrogen-bond acceptors (Lipinski definition) is 4. The highest BCUT2D eigenvalue weighted by Gasteiger charge is 2.47. The molecule has 2 aromatic carbocycles. The van der Waals surface area contributed by atoms with E-state index in [-0.39, 0.29) is 12.6 Å². The van der Waals surface area contributed by atoms with Crippen molar-refractivity contribution >= 4 is 5.97 Å². The van der Waals surface area contributed by atoms with Crippen LogP contribution in [0.5, 0.6) is 0 Å². The predicted molar refractivity (Wildman–Crippen MR) is 93.8 cm³/mol. The van der Waals surface area contributed by atoms with Crippen molar-refractivity contribution in [1.29, 1.82) is 0 Å². The van der Waals surface area contributed by atoms with Crippen molar-refractivity contribution in [2.45, 2.75) is 24.5 Å². The van der Waals surface area contributed by atoms with Crippen LogP contribution in [0.4, 0.5) is 0 Å². The summed E-state index contributed by atoms with van der Waals surface area (Å²) in [6, 6.07) is 17.7. The molecule has 1 saturated heterocycles. The number of ether oxygens (including phenoxy) is 2. The van der Waals surface area contributed by atoms with Crippen LogP contribution in [0.25, 0.3) is 21.6 Å². The van der Waals surface area contributed by atoms with Crippen LogP contribution in [0.2, 0.25) is 0 Å². The van der Waals surface area contributed by atoms with Crippen molar-refractivity contribution in [1.82, 2.24) is 0 Å². The zero-order chi connectivity index (χ0) is 17.7. The standard InChI is InChI=1S/C19H19N3O3/c1-24-18(23)19(12-17(13-25-19)21-22-20)11-14-6-5-9-16(10-14)15-7-3-2-4-8-15/h2-10,17H,11-13H2,1H3/t17-,19+/m1/s1. The molecule has 6 nitrogen and oxygen atoms in total. The number of esters is 1. The first kappa shape index (κ1) is 17.0. The maximum atomic E-state index is 12.4. The number of methoxy groups -OCH3 is 1. The van der Waals surface area contributed by atoms with E-state index in [0.29, 0.717) is 12.8 Å². The Morgan fingerprint density at radius 2 is 2.04 bits per heavy atom. The van der Waals surface area contributed by atoms with Gasteiger partial charge in [0.1, 0.15) is 0 Å². The van der Waals surface area contributed by atoms with Gasteiger partial charge in [-0.3, -0.25) is 0 Å². The molecule has 0 spiro atoms. The van der Waals surface area contributed by atoms with Gasteiger partial charge in [0, 0.05) is 11.3 Å². The van der Waals surface area contributed by atoms with Gasteiger partial charge in [0.2, 0.25) is 0 Å². The SMILES string of the molecule is COC(=O)[C@]1(Cc2cccc(-c3ccccc3)c2)C[C@@H](N=[N+]=[N-])CO1. The Bertz CT molecular complexity index is 803. The van der Waals surface area contributed by atoms with Crippen LogP contribution in [0.3, 0.4) is 0 Å². The summed E-state index contributed by atoms with van der Waals surface area (Å²) in [5, 5.41) is 3.69. The lowest BCUT2D eigenvalue weighted by Crippen LogP contribution is -2.41. The van der Waals surface area contributed by atoms with Crippen LogP contribution in [-0.4, -0.2) is 31.3 Å². The topological polar surface area (TPSA) is 84.3 Å². The van der Waals surface area contributed by atoms with E-state index in [2.05, 4.69) is 10.0 Å². The number of rotatable bonds is 5. The maximum absolute atomic E-state index is 12.4. The molecule has 0 N–H and O–H groups in total. The van der Waals surface area contributed by atoms with Crippen molar-refractivity contribution < 1.29 is 14.3 Å². The van der Waals surface area contributed by atoms with E-state index in [9.17, 15) is 4.79 Å². The minimum atomic E-state index is -1.11. The average Bonchev–Trinajstić information content (AvgIpc) is 3.06. The maximum Gasteiger partial charge on any atom is 0.338 e. The highest BCUT2D eigenvalue weighted by atomic mass is 16.6. The second kappa shape index (κ2) is 7.38. The molecule has 0 aromatic heterocycles. The minimum absolute atomic E-state index is 0.220. The molecule has 0 saturated carbocycles. The molecule has 0 bridgehead atoms. The van der Waals surface area contributed by atoms with E-state index < -0.39 is 11.6 Å². The first-order valence-corrected chi connectivity index (χ1v) is 8.08. The van der Waals surface area contributed by atoms with Crippen molar-refractivity contribution in [2.24, 2.45) is 5.11 Å². The van der Waals surface area contributed by atoms with E-state index in [1.54, 1.807) is 0 Å². The first-order chi connectivity index (χ1) is 12.2. The van der Waals surface area contributed by atoms with Gasteiger partial charge in [-0.15, -0.1) is 0 Å². The van der Waals surface area contributed by atoms with Crippen LogP contribution >= 0.6 is 0 Å². The fourth-order valence-corrected chi connectivity index (χ4v) is 3.25. The first-order valence-electron chi connectivity index (χ1n) is 8.08. The molecule has 1 heterocycles. The fraction of sp³-hybridized carbons (Fsp3) is 0.316. The largest absolute Gasteiger partial charge is 0.467 e. The summed E-state index contributed by atoms with van der Waals surface area (Å²) in [4.78, 5) is 15.2. The number of nitrogens with zero attached hydrogens (tertiary/aromatic N) is 3. The lowest BCUT2D eigenvalue weighted by Gasteiger charge is -2.25. The predicted octanol–water partition coefficient (Wildman–Crippen LogP) is 3.91. The van der Waals surface area contributed by atoms with E-state index in [4.69, 9.17) is 15.0 Å². The molecule has 6 heteroatoms. The number of azide groups is 1. The van der Waals surface area contributed by atoms with Gasteiger partial charge in [-0.1, -0.05) is 59.7 Å². The summed E-state index contributed by atoms with van der Waals surface area (Å²) in [5.41, 5.74) is 10.7. The number of benzene rings is 2. The molecular weight excluding hydrogens is 318 g/mol. The van der Waals surface area contributed by atoms with E-state index in [1.165, 1.54) is 7.11 Å². The third-order valence-corrected chi connectivity index (χ3v) is 4.41. The fourth-order valence-electron chi connectivity index (χ4n) is 3.25. The zero-order valence-corrected chi connectivity index (χ0v) is 14.0. The quantitative estimate of drug-likeness (QED) is 0.359. The van der Waals surface area contributed by atoms with Gasteiger partial charge in [-0.2, -0.15) is 0 Å². The van der Waals surface area contributed by atoms with Crippen molar-refractivity contribution in [3.63, 3.8) is 0 Å². The molecule has 1 fully saturated rings. The van der Waals surface area contributed by atoms with Gasteiger partial charge >= 0.3 is 5.97 Å².